The van der Waals surface area contributed by atoms with Crippen molar-refractivity contribution in [2.45, 2.75) is 19.4 Å². The van der Waals surface area contributed by atoms with Gasteiger partial charge in [-0.25, -0.2) is 18.4 Å². The van der Waals surface area contributed by atoms with Crippen molar-refractivity contribution in [1.29, 1.82) is 0 Å². The van der Waals surface area contributed by atoms with Crippen LogP contribution in [-0.2, 0) is 9.84 Å². The van der Waals surface area contributed by atoms with E-state index < -0.39 is 9.84 Å². The summed E-state index contributed by atoms with van der Waals surface area (Å²) in [6.07, 6.45) is 0.606. The van der Waals surface area contributed by atoms with Crippen molar-refractivity contribution in [1.82, 2.24) is 9.97 Å². The SMILES string of the molecule is Cc1cc2c(NC3CCS(=O)(=O)C3)nc(Cl)nc2s1. The van der Waals surface area contributed by atoms with Crippen LogP contribution >= 0.6 is 22.9 Å². The third-order valence-corrected chi connectivity index (χ3v) is 5.94. The maximum Gasteiger partial charge on any atom is 0.225 e. The minimum absolute atomic E-state index is 0.0978. The highest BCUT2D eigenvalue weighted by atomic mass is 35.5. The van der Waals surface area contributed by atoms with Gasteiger partial charge in [0.25, 0.3) is 0 Å². The van der Waals surface area contributed by atoms with E-state index in [-0.39, 0.29) is 22.8 Å². The molecule has 0 aliphatic carbocycles. The van der Waals surface area contributed by atoms with Gasteiger partial charge in [-0.1, -0.05) is 0 Å². The summed E-state index contributed by atoms with van der Waals surface area (Å²) in [4.78, 5) is 10.3. The molecule has 2 aromatic rings. The molecule has 1 atom stereocenters. The first kappa shape index (κ1) is 13.1. The van der Waals surface area contributed by atoms with E-state index in [0.717, 1.165) is 15.1 Å². The smallest absolute Gasteiger partial charge is 0.225 e. The Balaban J connectivity index is 1.96. The van der Waals surface area contributed by atoms with E-state index in [0.29, 0.717) is 12.2 Å². The molecule has 0 aromatic carbocycles. The number of hydrogen-bond donors (Lipinski definition) is 1. The molecule has 1 aliphatic heterocycles. The molecule has 0 spiro atoms. The Kier molecular flexibility index (Phi) is 3.15. The van der Waals surface area contributed by atoms with Crippen LogP contribution in [0.5, 0.6) is 0 Å². The van der Waals surface area contributed by atoms with Gasteiger partial charge < -0.3 is 5.32 Å². The predicted molar refractivity (Wildman–Crippen MR) is 77.8 cm³/mol. The zero-order valence-corrected chi connectivity index (χ0v) is 12.6. The highest BCUT2D eigenvalue weighted by molar-refractivity contribution is 7.91. The molecule has 0 amide bonds. The largest absolute Gasteiger partial charge is 0.366 e. The molecule has 0 radical (unpaired) electrons. The molecule has 1 aliphatic rings. The molecule has 19 heavy (non-hydrogen) atoms. The molecular formula is C11H12ClN3O2S2. The first-order chi connectivity index (χ1) is 8.93. The minimum Gasteiger partial charge on any atom is -0.366 e. The summed E-state index contributed by atoms with van der Waals surface area (Å²) in [6, 6.07) is 1.89. The van der Waals surface area contributed by atoms with Gasteiger partial charge in [-0.05, 0) is 31.0 Å². The van der Waals surface area contributed by atoms with Crippen molar-refractivity contribution in [3.8, 4) is 0 Å². The Hall–Kier alpha value is -0.920. The zero-order chi connectivity index (χ0) is 13.6. The standard InChI is InChI=1S/C11H12ClN3O2S2/c1-6-4-8-9(14-11(12)15-10(8)18-6)13-7-2-3-19(16,17)5-7/h4,7H,2-3,5H2,1H3,(H,13,14,15). The number of nitrogens with one attached hydrogen (secondary N) is 1. The van der Waals surface area contributed by atoms with E-state index in [2.05, 4.69) is 15.3 Å². The van der Waals surface area contributed by atoms with Gasteiger partial charge in [-0.15, -0.1) is 11.3 Å². The molecule has 3 heterocycles. The normalized spacial score (nSPS) is 21.9. The second-order valence-electron chi connectivity index (χ2n) is 4.66. The van der Waals surface area contributed by atoms with Gasteiger partial charge in [-0.2, -0.15) is 0 Å². The van der Waals surface area contributed by atoms with Crippen LogP contribution in [-0.4, -0.2) is 35.9 Å². The Morgan fingerprint density at radius 1 is 1.47 bits per heavy atom. The Morgan fingerprint density at radius 3 is 2.95 bits per heavy atom. The average molecular weight is 318 g/mol. The fraction of sp³-hybridized carbons (Fsp3) is 0.455. The zero-order valence-electron chi connectivity index (χ0n) is 10.2. The van der Waals surface area contributed by atoms with Crippen molar-refractivity contribution in [2.75, 3.05) is 16.8 Å². The quantitative estimate of drug-likeness (QED) is 0.860. The van der Waals surface area contributed by atoms with Gasteiger partial charge in [0.1, 0.15) is 10.6 Å². The number of nitrogens with zero attached hydrogens (tertiary/aromatic N) is 2. The highest BCUT2D eigenvalue weighted by Gasteiger charge is 2.28. The molecule has 0 saturated carbocycles. The van der Waals surface area contributed by atoms with Gasteiger partial charge in [-0.3, -0.25) is 0 Å². The lowest BCUT2D eigenvalue weighted by Crippen LogP contribution is -2.21. The van der Waals surface area contributed by atoms with Crippen LogP contribution in [0.25, 0.3) is 10.2 Å². The Labute approximate surface area is 119 Å². The number of fused-ring (bicyclic) bond motifs is 1. The number of aromatic nitrogens is 2. The number of halogens is 1. The van der Waals surface area contributed by atoms with Gasteiger partial charge in [0, 0.05) is 10.9 Å². The van der Waals surface area contributed by atoms with E-state index in [9.17, 15) is 8.42 Å². The summed E-state index contributed by atoms with van der Waals surface area (Å²) in [5.74, 6) is 1.01. The van der Waals surface area contributed by atoms with Crippen molar-refractivity contribution in [3.63, 3.8) is 0 Å². The second kappa shape index (κ2) is 4.57. The highest BCUT2D eigenvalue weighted by Crippen LogP contribution is 2.30. The second-order valence-corrected chi connectivity index (χ2v) is 8.46. The van der Waals surface area contributed by atoms with Crippen LogP contribution in [0, 0.1) is 6.92 Å². The van der Waals surface area contributed by atoms with Crippen LogP contribution in [0.4, 0.5) is 5.82 Å². The van der Waals surface area contributed by atoms with Crippen LogP contribution in [0.15, 0.2) is 6.07 Å². The van der Waals surface area contributed by atoms with E-state index in [1.807, 2.05) is 13.0 Å². The maximum absolute atomic E-state index is 11.5. The van der Waals surface area contributed by atoms with Gasteiger partial charge in [0.05, 0.1) is 16.9 Å². The van der Waals surface area contributed by atoms with Crippen molar-refractivity contribution in [2.24, 2.45) is 0 Å². The first-order valence-corrected chi connectivity index (χ1v) is 8.85. The number of hydrogen-bond acceptors (Lipinski definition) is 6. The predicted octanol–water partition coefficient (Wildman–Crippen LogP) is 2.25. The summed E-state index contributed by atoms with van der Waals surface area (Å²) in [5.41, 5.74) is 0. The number of aryl methyl sites for hydroxylation is 1. The van der Waals surface area contributed by atoms with E-state index in [4.69, 9.17) is 11.6 Å². The average Bonchev–Trinajstić information content (AvgIpc) is 2.81. The minimum atomic E-state index is -2.91. The number of anilines is 1. The molecular weight excluding hydrogens is 306 g/mol. The molecule has 3 rings (SSSR count). The third kappa shape index (κ3) is 2.68. The molecule has 2 aromatic heterocycles. The molecule has 0 bridgehead atoms. The number of sulfone groups is 1. The van der Waals surface area contributed by atoms with Crippen LogP contribution in [0.1, 0.15) is 11.3 Å². The van der Waals surface area contributed by atoms with E-state index in [1.54, 1.807) is 11.3 Å². The lowest BCUT2D eigenvalue weighted by molar-refractivity contribution is 0.602. The monoisotopic (exact) mass is 317 g/mol. The van der Waals surface area contributed by atoms with Gasteiger partial charge in [0.2, 0.25) is 5.28 Å². The third-order valence-electron chi connectivity index (χ3n) is 3.06. The fourth-order valence-electron chi connectivity index (χ4n) is 2.23. The lowest BCUT2D eigenvalue weighted by atomic mass is 10.2. The van der Waals surface area contributed by atoms with Crippen molar-refractivity contribution >= 4 is 48.8 Å². The van der Waals surface area contributed by atoms with E-state index >= 15 is 0 Å². The summed E-state index contributed by atoms with van der Waals surface area (Å²) >= 11 is 7.45. The lowest BCUT2D eigenvalue weighted by Gasteiger charge is -2.12. The summed E-state index contributed by atoms with van der Waals surface area (Å²) in [5, 5.41) is 4.26. The molecule has 1 fully saturated rings. The number of rotatable bonds is 2. The van der Waals surface area contributed by atoms with Crippen LogP contribution in [0.3, 0.4) is 0 Å². The van der Waals surface area contributed by atoms with Crippen LogP contribution < -0.4 is 5.32 Å². The molecule has 1 saturated heterocycles. The molecule has 1 unspecified atom stereocenters. The first-order valence-electron chi connectivity index (χ1n) is 5.83. The Morgan fingerprint density at radius 2 is 2.26 bits per heavy atom. The maximum atomic E-state index is 11.5. The number of thiophene rings is 1. The van der Waals surface area contributed by atoms with Crippen molar-refractivity contribution in [3.05, 3.63) is 16.2 Å². The summed E-state index contributed by atoms with van der Waals surface area (Å²) in [7, 11) is -2.91. The molecule has 102 valence electrons. The summed E-state index contributed by atoms with van der Waals surface area (Å²) < 4.78 is 22.9. The molecule has 5 nitrogen and oxygen atoms in total. The topological polar surface area (TPSA) is 72.0 Å². The summed E-state index contributed by atoms with van der Waals surface area (Å²) in [6.45, 7) is 1.99. The molecule has 1 N–H and O–H groups in total. The van der Waals surface area contributed by atoms with Gasteiger partial charge >= 0.3 is 0 Å². The van der Waals surface area contributed by atoms with E-state index in [1.165, 1.54) is 0 Å². The van der Waals surface area contributed by atoms with Crippen molar-refractivity contribution < 1.29 is 8.42 Å². The fourth-order valence-corrected chi connectivity index (χ4v) is 5.00. The Bertz CT molecular complexity index is 742. The molecule has 8 heteroatoms. The van der Waals surface area contributed by atoms with Crippen LogP contribution in [0.2, 0.25) is 5.28 Å². The van der Waals surface area contributed by atoms with Gasteiger partial charge in [0.15, 0.2) is 9.84 Å².